The smallest absolute Gasteiger partial charge is 0.307 e. The van der Waals surface area contributed by atoms with E-state index < -0.39 is 0 Å². The van der Waals surface area contributed by atoms with Crippen LogP contribution in [-0.4, -0.2) is 35.3 Å². The van der Waals surface area contributed by atoms with Crippen LogP contribution in [0.5, 0.6) is 17.4 Å². The topological polar surface area (TPSA) is 87.7 Å². The number of nitrogens with zero attached hydrogens (tertiary/aromatic N) is 2. The molecule has 0 radical (unpaired) electrons. The number of thiazole rings is 1. The largest absolute Gasteiger partial charge is 0.494 e. The summed E-state index contributed by atoms with van der Waals surface area (Å²) in [5, 5.41) is 9.71. The highest BCUT2D eigenvalue weighted by Gasteiger charge is 2.08. The van der Waals surface area contributed by atoms with Gasteiger partial charge in [0.2, 0.25) is 5.88 Å². The van der Waals surface area contributed by atoms with E-state index in [1.807, 2.05) is 78.7 Å². The molecule has 33 heavy (non-hydrogen) atoms. The first kappa shape index (κ1) is 22.4. The molecule has 4 aromatic rings. The van der Waals surface area contributed by atoms with E-state index in [-0.39, 0.29) is 10.8 Å². The van der Waals surface area contributed by atoms with E-state index in [9.17, 15) is 9.90 Å². The minimum Gasteiger partial charge on any atom is -0.494 e. The van der Waals surface area contributed by atoms with Crippen LogP contribution in [0, 0.1) is 0 Å². The fourth-order valence-electron chi connectivity index (χ4n) is 3.20. The zero-order valence-electron chi connectivity index (χ0n) is 18.2. The molecule has 0 saturated heterocycles. The summed E-state index contributed by atoms with van der Waals surface area (Å²) >= 11 is 1.02. The van der Waals surface area contributed by atoms with Gasteiger partial charge >= 0.3 is 4.87 Å². The molecule has 0 atom stereocenters. The van der Waals surface area contributed by atoms with Crippen molar-refractivity contribution in [2.75, 3.05) is 25.1 Å². The molecule has 0 fully saturated rings. The molecule has 0 spiro atoms. The first-order valence-electron chi connectivity index (χ1n) is 10.5. The third-order valence-electron chi connectivity index (χ3n) is 5.04. The highest BCUT2D eigenvalue weighted by atomic mass is 32.1. The number of benzene rings is 2. The van der Waals surface area contributed by atoms with Crippen LogP contribution in [0.15, 0.2) is 77.7 Å². The summed E-state index contributed by atoms with van der Waals surface area (Å²) in [5.41, 5.74) is 2.10. The molecule has 170 valence electrons. The number of hydrogen-bond donors (Lipinski definition) is 2. The SMILES string of the molecule is CN(CCOc1ccc(Cc2sc(=O)[nH]c2O)cc1)c1ccc(OCc2ccccc2)cn1. The number of pyridine rings is 1. The van der Waals surface area contributed by atoms with Crippen LogP contribution < -0.4 is 19.2 Å². The van der Waals surface area contributed by atoms with Crippen molar-refractivity contribution >= 4 is 17.2 Å². The Hall–Kier alpha value is -3.78. The number of likely N-dealkylation sites (N-methyl/N-ethyl adjacent to an activating group) is 1. The van der Waals surface area contributed by atoms with Gasteiger partial charge in [-0.2, -0.15) is 0 Å². The number of anilines is 1. The fraction of sp³-hybridized carbons (Fsp3) is 0.200. The summed E-state index contributed by atoms with van der Waals surface area (Å²) in [6.45, 7) is 1.69. The number of aromatic amines is 1. The molecule has 2 N–H and O–H groups in total. The Labute approximate surface area is 195 Å². The minimum atomic E-state index is -0.254. The lowest BCUT2D eigenvalue weighted by molar-refractivity contribution is 0.305. The molecule has 0 aliphatic rings. The van der Waals surface area contributed by atoms with Crippen molar-refractivity contribution in [3.8, 4) is 17.4 Å². The average molecular weight is 464 g/mol. The first-order valence-corrected chi connectivity index (χ1v) is 11.3. The Balaban J connectivity index is 1.22. The van der Waals surface area contributed by atoms with Crippen LogP contribution in [0.3, 0.4) is 0 Å². The van der Waals surface area contributed by atoms with Crippen molar-refractivity contribution in [1.82, 2.24) is 9.97 Å². The molecule has 0 aliphatic heterocycles. The number of ether oxygens (including phenoxy) is 2. The third-order valence-corrected chi connectivity index (χ3v) is 5.92. The van der Waals surface area contributed by atoms with E-state index >= 15 is 0 Å². The van der Waals surface area contributed by atoms with Gasteiger partial charge in [-0.3, -0.25) is 9.78 Å². The predicted octanol–water partition coefficient (Wildman–Crippen LogP) is 4.22. The third kappa shape index (κ3) is 6.36. The lowest BCUT2D eigenvalue weighted by atomic mass is 10.1. The van der Waals surface area contributed by atoms with Crippen molar-refractivity contribution in [3.05, 3.63) is 98.6 Å². The van der Waals surface area contributed by atoms with Crippen molar-refractivity contribution in [3.63, 3.8) is 0 Å². The van der Waals surface area contributed by atoms with Gasteiger partial charge in [0, 0.05) is 13.5 Å². The van der Waals surface area contributed by atoms with Crippen LogP contribution in [-0.2, 0) is 13.0 Å². The Bertz CT molecular complexity index is 1210. The van der Waals surface area contributed by atoms with Crippen molar-refractivity contribution < 1.29 is 14.6 Å². The number of H-pyrrole nitrogens is 1. The molecule has 0 saturated carbocycles. The second-order valence-corrected chi connectivity index (χ2v) is 8.57. The summed E-state index contributed by atoms with van der Waals surface area (Å²) in [6.07, 6.45) is 2.22. The number of hydrogen-bond acceptors (Lipinski definition) is 7. The molecule has 0 amide bonds. The van der Waals surface area contributed by atoms with E-state index in [0.29, 0.717) is 31.1 Å². The van der Waals surface area contributed by atoms with Crippen LogP contribution in [0.25, 0.3) is 0 Å². The zero-order valence-corrected chi connectivity index (χ0v) is 19.0. The second kappa shape index (κ2) is 10.7. The molecule has 4 rings (SSSR count). The fourth-order valence-corrected chi connectivity index (χ4v) is 3.96. The molecule has 8 heteroatoms. The lowest BCUT2D eigenvalue weighted by Crippen LogP contribution is -2.24. The lowest BCUT2D eigenvalue weighted by Gasteiger charge is -2.18. The van der Waals surface area contributed by atoms with Gasteiger partial charge in [0.15, 0.2) is 0 Å². The molecule has 0 bridgehead atoms. The van der Waals surface area contributed by atoms with Crippen molar-refractivity contribution in [2.45, 2.75) is 13.0 Å². The molecule has 2 heterocycles. The molecule has 0 unspecified atom stereocenters. The van der Waals surface area contributed by atoms with Gasteiger partial charge in [-0.05, 0) is 35.4 Å². The quantitative estimate of drug-likeness (QED) is 0.366. The van der Waals surface area contributed by atoms with Gasteiger partial charge in [0.1, 0.15) is 30.5 Å². The molecular formula is C25H25N3O4S. The van der Waals surface area contributed by atoms with Gasteiger partial charge in [-0.1, -0.05) is 53.8 Å². The van der Waals surface area contributed by atoms with E-state index in [2.05, 4.69) is 9.97 Å². The van der Waals surface area contributed by atoms with Gasteiger partial charge < -0.3 is 19.5 Å². The average Bonchev–Trinajstić information content (AvgIpc) is 3.16. The Morgan fingerprint density at radius 3 is 2.39 bits per heavy atom. The highest BCUT2D eigenvalue weighted by molar-refractivity contribution is 7.09. The van der Waals surface area contributed by atoms with Crippen LogP contribution in [0.2, 0.25) is 0 Å². The van der Waals surface area contributed by atoms with Crippen molar-refractivity contribution in [2.24, 2.45) is 0 Å². The number of nitrogens with one attached hydrogen (secondary N) is 1. The Kier molecular flexibility index (Phi) is 7.26. The monoisotopic (exact) mass is 463 g/mol. The maximum Gasteiger partial charge on any atom is 0.307 e. The Morgan fingerprint density at radius 2 is 1.73 bits per heavy atom. The molecule has 0 aliphatic carbocycles. The molecule has 2 aromatic carbocycles. The summed E-state index contributed by atoms with van der Waals surface area (Å²) in [5.74, 6) is 2.27. The summed E-state index contributed by atoms with van der Waals surface area (Å²) in [7, 11) is 1.97. The zero-order chi connectivity index (χ0) is 23.0. The van der Waals surface area contributed by atoms with Crippen LogP contribution in [0.1, 0.15) is 16.0 Å². The van der Waals surface area contributed by atoms with E-state index in [4.69, 9.17) is 9.47 Å². The van der Waals surface area contributed by atoms with Crippen LogP contribution in [0.4, 0.5) is 5.82 Å². The first-order chi connectivity index (χ1) is 16.1. The predicted molar refractivity (Wildman–Crippen MR) is 130 cm³/mol. The minimum absolute atomic E-state index is 0.0576. The summed E-state index contributed by atoms with van der Waals surface area (Å²) in [4.78, 5) is 20.6. The highest BCUT2D eigenvalue weighted by Crippen LogP contribution is 2.22. The molecular weight excluding hydrogens is 438 g/mol. The Morgan fingerprint density at radius 1 is 0.970 bits per heavy atom. The van der Waals surface area contributed by atoms with E-state index in [1.54, 1.807) is 6.20 Å². The summed E-state index contributed by atoms with van der Waals surface area (Å²) in [6, 6.07) is 21.5. The van der Waals surface area contributed by atoms with E-state index in [1.165, 1.54) is 0 Å². The second-order valence-electron chi connectivity index (χ2n) is 7.50. The van der Waals surface area contributed by atoms with Gasteiger partial charge in [0.05, 0.1) is 17.6 Å². The molecule has 2 aromatic heterocycles. The normalized spacial score (nSPS) is 10.7. The van der Waals surface area contributed by atoms with E-state index in [0.717, 1.165) is 39.8 Å². The van der Waals surface area contributed by atoms with Gasteiger partial charge in [-0.25, -0.2) is 4.98 Å². The van der Waals surface area contributed by atoms with Crippen molar-refractivity contribution in [1.29, 1.82) is 0 Å². The van der Waals surface area contributed by atoms with Gasteiger partial charge in [0.25, 0.3) is 0 Å². The van der Waals surface area contributed by atoms with Gasteiger partial charge in [-0.15, -0.1) is 0 Å². The number of aromatic hydroxyl groups is 1. The maximum atomic E-state index is 11.3. The number of aromatic nitrogens is 2. The number of rotatable bonds is 10. The van der Waals surface area contributed by atoms with Crippen LogP contribution >= 0.6 is 11.3 Å². The maximum absolute atomic E-state index is 11.3. The standard InChI is InChI=1S/C25H25N3O4S/c1-28(23-12-11-21(16-26-23)32-17-19-5-3-2-4-6-19)13-14-31-20-9-7-18(8-10-20)15-22-24(29)27-25(30)33-22/h2-12,16,29H,13-15,17H2,1H3,(H,27,30). The molecule has 7 nitrogen and oxygen atoms in total. The summed E-state index contributed by atoms with van der Waals surface area (Å²) < 4.78 is 11.6.